The summed E-state index contributed by atoms with van der Waals surface area (Å²) in [6, 6.07) is 1.08. The molecule has 0 aliphatic rings. The highest BCUT2D eigenvalue weighted by molar-refractivity contribution is 6.30. The molecule has 1 aromatic rings. The van der Waals surface area contributed by atoms with Gasteiger partial charge in [-0.05, 0) is 13.0 Å². The molecular formula is C10H11ClFNO4. The van der Waals surface area contributed by atoms with Gasteiger partial charge in [0.15, 0.2) is 6.10 Å². The van der Waals surface area contributed by atoms with Crippen molar-refractivity contribution in [2.75, 3.05) is 6.61 Å². The average Bonchev–Trinajstić information content (AvgIpc) is 2.30. The second-order valence-corrected chi connectivity index (χ2v) is 3.61. The smallest absolute Gasteiger partial charge is 0.338 e. The number of aromatic nitrogens is 1. The minimum Gasteiger partial charge on any atom is -0.464 e. The van der Waals surface area contributed by atoms with Crippen molar-refractivity contribution in [3.8, 4) is 0 Å². The zero-order valence-corrected chi connectivity index (χ0v) is 9.69. The van der Waals surface area contributed by atoms with E-state index in [-0.39, 0.29) is 17.2 Å². The number of esters is 1. The fraction of sp³-hybridized carbons (Fsp3) is 0.400. The summed E-state index contributed by atoms with van der Waals surface area (Å²) in [6.45, 7) is 1.58. The summed E-state index contributed by atoms with van der Waals surface area (Å²) in [4.78, 5) is 14.4. The Morgan fingerprint density at radius 3 is 2.88 bits per heavy atom. The van der Waals surface area contributed by atoms with E-state index in [9.17, 15) is 19.4 Å². The normalized spacial score (nSPS) is 14.2. The van der Waals surface area contributed by atoms with Gasteiger partial charge in [-0.3, -0.25) is 0 Å². The zero-order valence-electron chi connectivity index (χ0n) is 8.93. The third-order valence-electron chi connectivity index (χ3n) is 1.98. The molecule has 1 aromatic heterocycles. The maximum absolute atomic E-state index is 13.2. The van der Waals surface area contributed by atoms with Crippen LogP contribution in [0.25, 0.3) is 0 Å². The second-order valence-electron chi connectivity index (χ2n) is 3.18. The summed E-state index contributed by atoms with van der Waals surface area (Å²) < 4.78 is 17.7. The Morgan fingerprint density at radius 2 is 2.29 bits per heavy atom. The number of carbonyl (C=O) groups is 1. The predicted molar refractivity (Wildman–Crippen MR) is 56.8 cm³/mol. The minimum absolute atomic E-state index is 0.0406. The minimum atomic E-state index is -1.88. The molecule has 0 aliphatic heterocycles. The summed E-state index contributed by atoms with van der Waals surface area (Å²) in [7, 11) is 0. The van der Waals surface area contributed by atoms with Crippen LogP contribution < -0.4 is 0 Å². The van der Waals surface area contributed by atoms with Crippen LogP contribution in [0.15, 0.2) is 12.3 Å². The third-order valence-corrected chi connectivity index (χ3v) is 2.19. The van der Waals surface area contributed by atoms with Crippen LogP contribution in [0.4, 0.5) is 4.39 Å². The lowest BCUT2D eigenvalue weighted by molar-refractivity contribution is -0.159. The van der Waals surface area contributed by atoms with E-state index in [1.165, 1.54) is 0 Å². The number of hydrogen-bond acceptors (Lipinski definition) is 5. The number of aliphatic hydroxyl groups is 2. The Hall–Kier alpha value is -1.24. The van der Waals surface area contributed by atoms with Crippen LogP contribution in [0.3, 0.4) is 0 Å². The topological polar surface area (TPSA) is 79.7 Å². The Balaban J connectivity index is 2.91. The molecular weight excluding hydrogens is 253 g/mol. The Labute approximate surface area is 102 Å². The van der Waals surface area contributed by atoms with Crippen molar-refractivity contribution in [3.05, 3.63) is 28.8 Å². The number of halogens is 2. The van der Waals surface area contributed by atoms with Gasteiger partial charge in [0, 0.05) is 11.8 Å². The SMILES string of the molecule is CCOC(=O)C(O)C(O)c1cc(Cl)cnc1F. The Kier molecular flexibility index (Phi) is 4.80. The molecule has 7 heteroatoms. The van der Waals surface area contributed by atoms with Crippen molar-refractivity contribution >= 4 is 17.6 Å². The highest BCUT2D eigenvalue weighted by Gasteiger charge is 2.29. The third kappa shape index (κ3) is 3.36. The number of rotatable bonds is 4. The van der Waals surface area contributed by atoms with Crippen LogP contribution in [-0.4, -0.2) is 33.9 Å². The standard InChI is InChI=1S/C10H11ClFNO4/c1-2-17-10(16)8(15)7(14)6-3-5(11)4-13-9(6)12/h3-4,7-8,14-15H,2H2,1H3. The number of nitrogens with zero attached hydrogens (tertiary/aromatic N) is 1. The van der Waals surface area contributed by atoms with E-state index >= 15 is 0 Å². The summed E-state index contributed by atoms with van der Waals surface area (Å²) in [5.41, 5.74) is -0.363. The summed E-state index contributed by atoms with van der Waals surface area (Å²) in [5, 5.41) is 19.1. The first kappa shape index (κ1) is 13.8. The monoisotopic (exact) mass is 263 g/mol. The van der Waals surface area contributed by atoms with E-state index in [1.807, 2.05) is 0 Å². The Morgan fingerprint density at radius 1 is 1.65 bits per heavy atom. The quantitative estimate of drug-likeness (QED) is 0.621. The van der Waals surface area contributed by atoms with Gasteiger partial charge in [0.2, 0.25) is 5.95 Å². The molecule has 94 valence electrons. The van der Waals surface area contributed by atoms with Crippen molar-refractivity contribution in [1.82, 2.24) is 4.98 Å². The zero-order chi connectivity index (χ0) is 13.0. The fourth-order valence-electron chi connectivity index (χ4n) is 1.17. The summed E-state index contributed by atoms with van der Waals surface area (Å²) in [6.07, 6.45) is -2.62. The molecule has 2 atom stereocenters. The number of aliphatic hydroxyl groups excluding tert-OH is 2. The van der Waals surface area contributed by atoms with Crippen LogP contribution in [0.1, 0.15) is 18.6 Å². The molecule has 0 spiro atoms. The highest BCUT2D eigenvalue weighted by Crippen LogP contribution is 2.22. The number of pyridine rings is 1. The van der Waals surface area contributed by atoms with Gasteiger partial charge in [-0.2, -0.15) is 4.39 Å². The number of carbonyl (C=O) groups excluding carboxylic acids is 1. The van der Waals surface area contributed by atoms with Crippen molar-refractivity contribution in [2.24, 2.45) is 0 Å². The van der Waals surface area contributed by atoms with Crippen LogP contribution in [0.2, 0.25) is 5.02 Å². The van der Waals surface area contributed by atoms with Gasteiger partial charge >= 0.3 is 5.97 Å². The van der Waals surface area contributed by atoms with Crippen molar-refractivity contribution < 1.29 is 24.1 Å². The molecule has 2 N–H and O–H groups in total. The van der Waals surface area contributed by atoms with Crippen LogP contribution in [-0.2, 0) is 9.53 Å². The van der Waals surface area contributed by atoms with Gasteiger partial charge in [-0.1, -0.05) is 11.6 Å². The first-order valence-electron chi connectivity index (χ1n) is 4.81. The molecule has 17 heavy (non-hydrogen) atoms. The number of ether oxygens (including phenoxy) is 1. The summed E-state index contributed by atoms with van der Waals surface area (Å²) in [5.74, 6) is -2.05. The first-order valence-corrected chi connectivity index (χ1v) is 5.18. The average molecular weight is 264 g/mol. The van der Waals surface area contributed by atoms with Gasteiger partial charge in [0.05, 0.1) is 11.6 Å². The van der Waals surface area contributed by atoms with Crippen molar-refractivity contribution in [2.45, 2.75) is 19.1 Å². The van der Waals surface area contributed by atoms with E-state index in [0.717, 1.165) is 12.3 Å². The van der Waals surface area contributed by atoms with Crippen molar-refractivity contribution in [1.29, 1.82) is 0 Å². The molecule has 0 saturated carbocycles. The van der Waals surface area contributed by atoms with Gasteiger partial charge < -0.3 is 14.9 Å². The molecule has 0 saturated heterocycles. The first-order chi connectivity index (χ1) is 7.97. The molecule has 0 aromatic carbocycles. The molecule has 0 aliphatic carbocycles. The second kappa shape index (κ2) is 5.90. The van der Waals surface area contributed by atoms with Crippen molar-refractivity contribution in [3.63, 3.8) is 0 Å². The lowest BCUT2D eigenvalue weighted by atomic mass is 10.1. The molecule has 1 heterocycles. The highest BCUT2D eigenvalue weighted by atomic mass is 35.5. The fourth-order valence-corrected chi connectivity index (χ4v) is 1.34. The molecule has 0 radical (unpaired) electrons. The largest absolute Gasteiger partial charge is 0.464 e. The van der Waals surface area contributed by atoms with E-state index in [1.54, 1.807) is 6.92 Å². The van der Waals surface area contributed by atoms with E-state index in [2.05, 4.69) is 9.72 Å². The molecule has 1 rings (SSSR count). The van der Waals surface area contributed by atoms with E-state index < -0.39 is 24.1 Å². The molecule has 0 bridgehead atoms. The van der Waals surface area contributed by atoms with Crippen LogP contribution in [0, 0.1) is 5.95 Å². The molecule has 0 fully saturated rings. The molecule has 5 nitrogen and oxygen atoms in total. The Bertz CT molecular complexity index is 415. The summed E-state index contributed by atoms with van der Waals surface area (Å²) >= 11 is 5.57. The van der Waals surface area contributed by atoms with Gasteiger partial charge in [0.1, 0.15) is 6.10 Å². The predicted octanol–water partition coefficient (Wildman–Crippen LogP) is 0.831. The number of hydrogen-bond donors (Lipinski definition) is 2. The molecule has 0 amide bonds. The lowest BCUT2D eigenvalue weighted by Gasteiger charge is -2.16. The van der Waals surface area contributed by atoms with Gasteiger partial charge in [-0.15, -0.1) is 0 Å². The van der Waals surface area contributed by atoms with Crippen LogP contribution >= 0.6 is 11.6 Å². The maximum atomic E-state index is 13.2. The lowest BCUT2D eigenvalue weighted by Crippen LogP contribution is -2.30. The molecule has 2 unspecified atom stereocenters. The maximum Gasteiger partial charge on any atom is 0.338 e. The van der Waals surface area contributed by atoms with Gasteiger partial charge in [0.25, 0.3) is 0 Å². The van der Waals surface area contributed by atoms with Crippen LogP contribution in [0.5, 0.6) is 0 Å². The van der Waals surface area contributed by atoms with Gasteiger partial charge in [-0.25, -0.2) is 9.78 Å². The van der Waals surface area contributed by atoms with E-state index in [4.69, 9.17) is 11.6 Å². The van der Waals surface area contributed by atoms with E-state index in [0.29, 0.717) is 0 Å².